The molecule has 0 bridgehead atoms. The molecule has 0 spiro atoms. The number of para-hydroxylation sites is 1. The average Bonchev–Trinajstić information content (AvgIpc) is 3.23. The highest BCUT2D eigenvalue weighted by molar-refractivity contribution is 6.28. The van der Waals surface area contributed by atoms with E-state index in [9.17, 15) is 15.3 Å². The molecule has 10 heteroatoms. The molecule has 1 fully saturated rings. The highest BCUT2D eigenvalue weighted by Gasteiger charge is 2.57. The van der Waals surface area contributed by atoms with Gasteiger partial charge in [-0.2, -0.15) is 9.97 Å². The van der Waals surface area contributed by atoms with Crippen LogP contribution < -0.4 is 5.32 Å². The fourth-order valence-corrected chi connectivity index (χ4v) is 3.97. The molecule has 0 unspecified atom stereocenters. The number of aliphatic hydroxyl groups is 3. The van der Waals surface area contributed by atoms with Gasteiger partial charge in [0.25, 0.3) is 0 Å². The molecule has 154 valence electrons. The maximum absolute atomic E-state index is 10.9. The van der Waals surface area contributed by atoms with Crippen LogP contribution in [0.5, 0.6) is 0 Å². The van der Waals surface area contributed by atoms with Crippen LogP contribution >= 0.6 is 11.6 Å². The second-order valence-corrected chi connectivity index (χ2v) is 7.64. The monoisotopic (exact) mass is 419 g/mol. The molecule has 1 aliphatic heterocycles. The maximum Gasteiger partial charge on any atom is 0.226 e. The van der Waals surface area contributed by atoms with Gasteiger partial charge in [0.1, 0.15) is 18.3 Å². The van der Waals surface area contributed by atoms with Gasteiger partial charge in [0.05, 0.1) is 12.9 Å². The third-order valence-corrected chi connectivity index (χ3v) is 5.43. The van der Waals surface area contributed by atoms with Crippen molar-refractivity contribution in [2.24, 2.45) is 5.92 Å². The van der Waals surface area contributed by atoms with Crippen molar-refractivity contribution < 1.29 is 20.1 Å². The van der Waals surface area contributed by atoms with Crippen LogP contribution in [-0.4, -0.2) is 59.8 Å². The van der Waals surface area contributed by atoms with Crippen molar-refractivity contribution >= 4 is 34.3 Å². The Labute approximate surface area is 172 Å². The lowest BCUT2D eigenvalue weighted by molar-refractivity contribution is -0.174. The zero-order valence-electron chi connectivity index (χ0n) is 15.9. The summed E-state index contributed by atoms with van der Waals surface area (Å²) in [5.74, 6) is 0.107. The first-order chi connectivity index (χ1) is 13.9. The molecule has 0 amide bonds. The Kier molecular flexibility index (Phi) is 5.18. The lowest BCUT2D eigenvalue weighted by atomic mass is 9.91. The molecule has 0 saturated carbocycles. The summed E-state index contributed by atoms with van der Waals surface area (Å²) in [6.45, 7) is 3.25. The number of fused-ring (bicyclic) bond motifs is 1. The van der Waals surface area contributed by atoms with Crippen LogP contribution in [0.25, 0.3) is 11.2 Å². The Morgan fingerprint density at radius 2 is 1.97 bits per heavy atom. The van der Waals surface area contributed by atoms with Crippen molar-refractivity contribution in [3.8, 4) is 0 Å². The molecule has 0 aliphatic carbocycles. The molecular weight excluding hydrogens is 398 g/mol. The zero-order chi connectivity index (χ0) is 20.8. The molecular formula is C19H22ClN5O4. The molecule has 3 heterocycles. The molecule has 1 saturated heterocycles. The first-order valence-electron chi connectivity index (χ1n) is 9.26. The molecule has 2 aromatic heterocycles. The Morgan fingerprint density at radius 1 is 1.24 bits per heavy atom. The van der Waals surface area contributed by atoms with Gasteiger partial charge in [-0.05, 0) is 23.7 Å². The van der Waals surface area contributed by atoms with Crippen LogP contribution in [0.4, 0.5) is 11.5 Å². The van der Waals surface area contributed by atoms with Gasteiger partial charge in [-0.15, -0.1) is 0 Å². The summed E-state index contributed by atoms with van der Waals surface area (Å²) in [6, 6.07) is 9.42. The number of hydrogen-bond donors (Lipinski definition) is 4. The summed E-state index contributed by atoms with van der Waals surface area (Å²) in [5.41, 5.74) is 0.172. The molecule has 29 heavy (non-hydrogen) atoms. The normalized spacial score (nSPS) is 27.1. The van der Waals surface area contributed by atoms with E-state index in [0.29, 0.717) is 17.0 Å². The number of benzene rings is 1. The largest absolute Gasteiger partial charge is 0.394 e. The highest BCUT2D eigenvalue weighted by atomic mass is 35.5. The number of nitrogens with one attached hydrogen (secondary N) is 1. The van der Waals surface area contributed by atoms with Gasteiger partial charge in [0.2, 0.25) is 5.28 Å². The molecule has 9 nitrogen and oxygen atoms in total. The van der Waals surface area contributed by atoms with Crippen LogP contribution in [-0.2, 0) is 10.5 Å². The maximum atomic E-state index is 10.9. The number of nitrogens with zero attached hydrogens (tertiary/aromatic N) is 4. The summed E-state index contributed by atoms with van der Waals surface area (Å²) < 4.78 is 7.54. The number of hydrogen-bond acceptors (Lipinski definition) is 8. The van der Waals surface area contributed by atoms with Crippen LogP contribution in [0.2, 0.25) is 5.28 Å². The number of aromatic nitrogens is 4. The molecule has 3 aromatic rings. The average molecular weight is 420 g/mol. The van der Waals surface area contributed by atoms with Crippen LogP contribution in [0.15, 0.2) is 36.7 Å². The topological polar surface area (TPSA) is 126 Å². The zero-order valence-corrected chi connectivity index (χ0v) is 16.7. The van der Waals surface area contributed by atoms with E-state index in [-0.39, 0.29) is 11.2 Å². The van der Waals surface area contributed by atoms with Gasteiger partial charge in [-0.25, -0.2) is 4.98 Å². The van der Waals surface area contributed by atoms with Crippen molar-refractivity contribution in [2.45, 2.75) is 37.9 Å². The Morgan fingerprint density at radius 3 is 2.59 bits per heavy atom. The smallest absolute Gasteiger partial charge is 0.226 e. The summed E-state index contributed by atoms with van der Waals surface area (Å²) in [5, 5.41) is 33.9. The fraction of sp³-hybridized carbons (Fsp3) is 0.421. The summed E-state index contributed by atoms with van der Waals surface area (Å²) in [4.78, 5) is 13.0. The predicted molar refractivity (Wildman–Crippen MR) is 107 cm³/mol. The fourth-order valence-electron chi connectivity index (χ4n) is 3.80. The molecule has 1 aromatic carbocycles. The number of anilines is 2. The Bertz CT molecular complexity index is 1010. The van der Waals surface area contributed by atoms with Crippen LogP contribution in [0.1, 0.15) is 13.8 Å². The standard InChI is InChI=1S/C19H22ClN5O4/c1-10(2)19(15(28)14(27)12(8-26)29-19)25-9-21-13-16(23-18(20)24-17(13)25)22-11-6-4-3-5-7-11/h3-7,9-10,12,14-15,26-28H,8H2,1-2H3,(H,22,23,24)/t12-,14-,15-,19-/m1/s1. The number of ether oxygens (including phenoxy) is 1. The first-order valence-corrected chi connectivity index (χ1v) is 9.64. The quantitative estimate of drug-likeness (QED) is 0.460. The highest BCUT2D eigenvalue weighted by Crippen LogP contribution is 2.43. The van der Waals surface area contributed by atoms with E-state index in [4.69, 9.17) is 16.3 Å². The van der Waals surface area contributed by atoms with Crippen LogP contribution in [0.3, 0.4) is 0 Å². The minimum absolute atomic E-state index is 0.0108. The third kappa shape index (κ3) is 3.15. The number of imidazole rings is 1. The van der Waals surface area contributed by atoms with Crippen LogP contribution in [0, 0.1) is 5.92 Å². The second kappa shape index (κ2) is 7.51. The summed E-state index contributed by atoms with van der Waals surface area (Å²) in [7, 11) is 0. The lowest BCUT2D eigenvalue weighted by Gasteiger charge is -2.37. The van der Waals surface area contributed by atoms with Gasteiger partial charge in [-0.3, -0.25) is 4.57 Å². The van der Waals surface area contributed by atoms with E-state index in [2.05, 4.69) is 20.3 Å². The van der Waals surface area contributed by atoms with Gasteiger partial charge in [0.15, 0.2) is 22.7 Å². The van der Waals surface area contributed by atoms with Crippen molar-refractivity contribution in [1.29, 1.82) is 0 Å². The van der Waals surface area contributed by atoms with E-state index in [1.165, 1.54) is 6.33 Å². The molecule has 4 N–H and O–H groups in total. The summed E-state index contributed by atoms with van der Waals surface area (Å²) in [6.07, 6.45) is -2.04. The van der Waals surface area contributed by atoms with Crippen molar-refractivity contribution in [3.63, 3.8) is 0 Å². The van der Waals surface area contributed by atoms with E-state index in [1.54, 1.807) is 4.57 Å². The lowest BCUT2D eigenvalue weighted by Crippen LogP contribution is -2.49. The van der Waals surface area contributed by atoms with Gasteiger partial charge < -0.3 is 25.4 Å². The van der Waals surface area contributed by atoms with Crippen molar-refractivity contribution in [3.05, 3.63) is 41.9 Å². The van der Waals surface area contributed by atoms with E-state index in [0.717, 1.165) is 5.69 Å². The molecule has 0 radical (unpaired) electrons. The van der Waals surface area contributed by atoms with Crippen molar-refractivity contribution in [1.82, 2.24) is 19.5 Å². The molecule has 1 aliphatic rings. The van der Waals surface area contributed by atoms with Gasteiger partial charge in [-0.1, -0.05) is 32.0 Å². The molecule has 4 rings (SSSR count). The third-order valence-electron chi connectivity index (χ3n) is 5.26. The minimum Gasteiger partial charge on any atom is -0.394 e. The summed E-state index contributed by atoms with van der Waals surface area (Å²) >= 11 is 6.18. The minimum atomic E-state index is -1.39. The van der Waals surface area contributed by atoms with E-state index < -0.39 is 30.6 Å². The van der Waals surface area contributed by atoms with E-state index in [1.807, 2.05) is 44.2 Å². The predicted octanol–water partition coefficient (Wildman–Crippen LogP) is 1.64. The molecule has 4 atom stereocenters. The first kappa shape index (κ1) is 20.0. The number of rotatable bonds is 5. The number of aliphatic hydroxyl groups excluding tert-OH is 3. The second-order valence-electron chi connectivity index (χ2n) is 7.30. The van der Waals surface area contributed by atoms with Gasteiger partial charge >= 0.3 is 0 Å². The SMILES string of the molecule is CC(C)[C@@]1(n2cnc3c(Nc4ccccc4)nc(Cl)nc32)O[C@H](CO)[C@@H](O)[C@H]1O. The van der Waals surface area contributed by atoms with E-state index >= 15 is 0 Å². The Hall–Kier alpha value is -2.30. The Balaban J connectivity index is 1.86. The van der Waals surface area contributed by atoms with Crippen molar-refractivity contribution in [2.75, 3.05) is 11.9 Å². The van der Waals surface area contributed by atoms with Gasteiger partial charge in [0, 0.05) is 11.6 Å². The number of halogens is 1.